The van der Waals surface area contributed by atoms with E-state index in [0.29, 0.717) is 16.0 Å². The molecule has 0 saturated carbocycles. The predicted octanol–water partition coefficient (Wildman–Crippen LogP) is 2.23. The molecule has 1 aromatic heterocycles. The molecule has 25 heavy (non-hydrogen) atoms. The van der Waals surface area contributed by atoms with Crippen molar-refractivity contribution in [2.24, 2.45) is 0 Å². The lowest BCUT2D eigenvalue weighted by atomic mass is 10.1. The average molecular weight is 361 g/mol. The van der Waals surface area contributed by atoms with Crippen LogP contribution in [0.2, 0.25) is 5.02 Å². The van der Waals surface area contributed by atoms with Gasteiger partial charge in [0, 0.05) is 23.0 Å². The van der Waals surface area contributed by atoms with E-state index in [9.17, 15) is 19.2 Å². The zero-order chi connectivity index (χ0) is 18.3. The van der Waals surface area contributed by atoms with Crippen LogP contribution < -0.4 is 5.63 Å². The van der Waals surface area contributed by atoms with Gasteiger partial charge in [-0.25, -0.2) is 9.59 Å². The van der Waals surface area contributed by atoms with Crippen molar-refractivity contribution in [1.82, 2.24) is 9.80 Å². The van der Waals surface area contributed by atoms with Gasteiger partial charge in [-0.1, -0.05) is 17.7 Å². The number of aryl methyl sites for hydroxylation is 1. The third kappa shape index (κ3) is 2.83. The number of amides is 4. The summed E-state index contributed by atoms with van der Waals surface area (Å²) < 4.78 is 5.14. The van der Waals surface area contributed by atoms with E-state index in [2.05, 4.69) is 6.58 Å². The van der Waals surface area contributed by atoms with Gasteiger partial charge in [-0.15, -0.1) is 6.58 Å². The van der Waals surface area contributed by atoms with Gasteiger partial charge in [0.15, 0.2) is 0 Å². The Morgan fingerprint density at radius 1 is 1.12 bits per heavy atom. The quantitative estimate of drug-likeness (QED) is 0.361. The number of carbonyl (C=O) groups excluding carboxylic acids is 3. The fraction of sp³-hybridized carbons (Fsp3) is 0.176. The van der Waals surface area contributed by atoms with Gasteiger partial charge in [0.2, 0.25) is 0 Å². The number of halogens is 1. The number of carbonyl (C=O) groups is 3. The van der Waals surface area contributed by atoms with Crippen LogP contribution in [0.25, 0.3) is 11.0 Å². The monoisotopic (exact) mass is 360 g/mol. The molecule has 1 aliphatic heterocycles. The molecule has 0 spiro atoms. The third-order valence-electron chi connectivity index (χ3n) is 3.88. The number of hydrogen-bond acceptors (Lipinski definition) is 5. The molecule has 0 aliphatic carbocycles. The summed E-state index contributed by atoms with van der Waals surface area (Å²) in [6.45, 7) is 4.91. The largest absolute Gasteiger partial charge is 0.423 e. The summed E-state index contributed by atoms with van der Waals surface area (Å²) in [6, 6.07) is 3.62. The number of benzene rings is 1. The highest BCUT2D eigenvalue weighted by molar-refractivity contribution is 6.44. The van der Waals surface area contributed by atoms with Crippen LogP contribution >= 0.6 is 11.6 Å². The van der Waals surface area contributed by atoms with Crippen molar-refractivity contribution in [1.29, 1.82) is 0 Å². The maximum Gasteiger partial charge on any atom is 0.336 e. The van der Waals surface area contributed by atoms with Crippen molar-refractivity contribution in [2.75, 3.05) is 6.54 Å². The molecule has 2 heterocycles. The summed E-state index contributed by atoms with van der Waals surface area (Å²) >= 11 is 6.12. The number of nitrogens with zero attached hydrogens (tertiary/aromatic N) is 2. The topological polar surface area (TPSA) is 87.9 Å². The van der Waals surface area contributed by atoms with Crippen molar-refractivity contribution in [3.8, 4) is 0 Å². The molecule has 0 unspecified atom stereocenters. The molecule has 3 rings (SSSR count). The molecule has 0 atom stereocenters. The molecular weight excluding hydrogens is 348 g/mol. The van der Waals surface area contributed by atoms with Gasteiger partial charge in [0.05, 0.1) is 6.54 Å². The summed E-state index contributed by atoms with van der Waals surface area (Å²) in [7, 11) is 0. The van der Waals surface area contributed by atoms with E-state index in [0.717, 1.165) is 15.4 Å². The van der Waals surface area contributed by atoms with Crippen LogP contribution in [0.15, 0.2) is 40.1 Å². The summed E-state index contributed by atoms with van der Waals surface area (Å²) in [6.07, 6.45) is 1.35. The SMILES string of the molecule is C=CCN1C(=O)C(=O)N(Cc2cc(=O)oc3cc(C)c(Cl)cc23)C1=O. The second kappa shape index (κ2) is 6.18. The summed E-state index contributed by atoms with van der Waals surface area (Å²) in [4.78, 5) is 49.7. The predicted molar refractivity (Wildman–Crippen MR) is 90.1 cm³/mol. The molecule has 2 aromatic rings. The van der Waals surface area contributed by atoms with Crippen LogP contribution in [0.4, 0.5) is 4.79 Å². The minimum atomic E-state index is -0.952. The molecule has 8 heteroatoms. The number of urea groups is 1. The Morgan fingerprint density at radius 3 is 2.48 bits per heavy atom. The van der Waals surface area contributed by atoms with E-state index in [4.69, 9.17) is 16.0 Å². The molecule has 0 radical (unpaired) electrons. The molecule has 1 aliphatic rings. The highest BCUT2D eigenvalue weighted by Gasteiger charge is 2.43. The van der Waals surface area contributed by atoms with Gasteiger partial charge in [0.1, 0.15) is 5.58 Å². The molecule has 1 saturated heterocycles. The first-order valence-electron chi connectivity index (χ1n) is 7.34. The fourth-order valence-electron chi connectivity index (χ4n) is 2.63. The van der Waals surface area contributed by atoms with Gasteiger partial charge in [-0.2, -0.15) is 0 Å². The summed E-state index contributed by atoms with van der Waals surface area (Å²) in [5, 5.41) is 0.941. The number of fused-ring (bicyclic) bond motifs is 1. The van der Waals surface area contributed by atoms with Crippen molar-refractivity contribution < 1.29 is 18.8 Å². The highest BCUT2D eigenvalue weighted by Crippen LogP contribution is 2.27. The molecule has 1 fully saturated rings. The molecule has 0 bridgehead atoms. The van der Waals surface area contributed by atoms with E-state index in [1.807, 2.05) is 0 Å². The zero-order valence-corrected chi connectivity index (χ0v) is 14.0. The lowest BCUT2D eigenvalue weighted by Gasteiger charge is -2.15. The Bertz CT molecular complexity index is 994. The molecule has 0 N–H and O–H groups in total. The Kier molecular flexibility index (Phi) is 4.18. The Balaban J connectivity index is 2.06. The van der Waals surface area contributed by atoms with Crippen molar-refractivity contribution in [3.63, 3.8) is 0 Å². The second-order valence-corrected chi connectivity index (χ2v) is 5.97. The van der Waals surface area contributed by atoms with E-state index < -0.39 is 23.5 Å². The number of imide groups is 2. The first-order valence-corrected chi connectivity index (χ1v) is 7.72. The normalized spacial score (nSPS) is 14.7. The maximum atomic E-state index is 12.3. The van der Waals surface area contributed by atoms with Crippen LogP contribution in [0.1, 0.15) is 11.1 Å². The first kappa shape index (κ1) is 16.9. The second-order valence-electron chi connectivity index (χ2n) is 5.57. The lowest BCUT2D eigenvalue weighted by Crippen LogP contribution is -2.33. The summed E-state index contributed by atoms with van der Waals surface area (Å²) in [5.74, 6) is -1.88. The maximum absolute atomic E-state index is 12.3. The summed E-state index contributed by atoms with van der Waals surface area (Å²) in [5.41, 5.74) is 0.744. The molecule has 128 valence electrons. The Morgan fingerprint density at radius 2 is 1.80 bits per heavy atom. The van der Waals surface area contributed by atoms with E-state index in [1.54, 1.807) is 19.1 Å². The molecule has 7 nitrogen and oxygen atoms in total. The molecule has 4 amide bonds. The van der Waals surface area contributed by atoms with Gasteiger partial charge in [-0.3, -0.25) is 19.4 Å². The highest BCUT2D eigenvalue weighted by atomic mass is 35.5. The Labute approximate surface area is 147 Å². The van der Waals surface area contributed by atoms with Crippen LogP contribution in [-0.2, 0) is 16.1 Å². The third-order valence-corrected chi connectivity index (χ3v) is 4.29. The van der Waals surface area contributed by atoms with Crippen LogP contribution in [0.3, 0.4) is 0 Å². The van der Waals surface area contributed by atoms with Crippen molar-refractivity contribution in [2.45, 2.75) is 13.5 Å². The first-order chi connectivity index (χ1) is 11.8. The minimum absolute atomic E-state index is 0.0669. The lowest BCUT2D eigenvalue weighted by molar-refractivity contribution is -0.143. The average Bonchev–Trinajstić information content (AvgIpc) is 2.75. The van der Waals surface area contributed by atoms with Crippen molar-refractivity contribution >= 4 is 40.4 Å². The smallest absolute Gasteiger partial charge is 0.336 e. The van der Waals surface area contributed by atoms with E-state index >= 15 is 0 Å². The van der Waals surface area contributed by atoms with Crippen LogP contribution in [0, 0.1) is 6.92 Å². The Hall–Kier alpha value is -2.93. The van der Waals surface area contributed by atoms with Gasteiger partial charge >= 0.3 is 23.5 Å². The standard InChI is InChI=1S/C17H13ClN2O5/c1-3-4-19-15(22)16(23)20(17(19)24)8-10-6-14(21)25-13-5-9(2)12(18)7-11(10)13/h3,5-7H,1,4,8H2,2H3. The van der Waals surface area contributed by atoms with E-state index in [-0.39, 0.29) is 18.7 Å². The van der Waals surface area contributed by atoms with Crippen LogP contribution in [-0.4, -0.2) is 34.2 Å². The van der Waals surface area contributed by atoms with Crippen LogP contribution in [0.5, 0.6) is 0 Å². The molecule has 1 aromatic carbocycles. The van der Waals surface area contributed by atoms with Gasteiger partial charge in [0.25, 0.3) is 0 Å². The van der Waals surface area contributed by atoms with Crippen molar-refractivity contribution in [3.05, 3.63) is 57.4 Å². The van der Waals surface area contributed by atoms with E-state index in [1.165, 1.54) is 12.1 Å². The minimum Gasteiger partial charge on any atom is -0.423 e. The zero-order valence-electron chi connectivity index (χ0n) is 13.2. The fourth-order valence-corrected chi connectivity index (χ4v) is 2.79. The number of hydrogen-bond donors (Lipinski definition) is 0. The van der Waals surface area contributed by atoms with Gasteiger partial charge < -0.3 is 4.42 Å². The van der Waals surface area contributed by atoms with Gasteiger partial charge in [-0.05, 0) is 30.2 Å². The molecular formula is C17H13ClN2O5. The number of rotatable bonds is 4.